The number of carbonyl (C=O) groups is 1. The van der Waals surface area contributed by atoms with Gasteiger partial charge in [0.15, 0.2) is 0 Å². The average Bonchev–Trinajstić information content (AvgIpc) is 2.91. The smallest absolute Gasteiger partial charge is 0.329 e. The fraction of sp³-hybridized carbons (Fsp3) is 0.235. The molecule has 0 bridgehead atoms. The van der Waals surface area contributed by atoms with Gasteiger partial charge in [-0.05, 0) is 38.5 Å². The summed E-state index contributed by atoms with van der Waals surface area (Å²) >= 11 is 4.78. The number of nitrogens with zero attached hydrogens (tertiary/aromatic N) is 2. The predicted molar refractivity (Wildman–Crippen MR) is 98.7 cm³/mol. The number of rotatable bonds is 3. The molecule has 1 N–H and O–H groups in total. The van der Waals surface area contributed by atoms with E-state index >= 15 is 0 Å². The Morgan fingerprint density at radius 1 is 1.29 bits per heavy atom. The van der Waals surface area contributed by atoms with Crippen LogP contribution in [0.1, 0.15) is 19.7 Å². The van der Waals surface area contributed by atoms with E-state index in [1.165, 1.54) is 29.8 Å². The van der Waals surface area contributed by atoms with Gasteiger partial charge >= 0.3 is 5.97 Å². The second kappa shape index (κ2) is 5.82. The van der Waals surface area contributed by atoms with E-state index in [-0.39, 0.29) is 5.56 Å². The topological polar surface area (TPSA) is 72.2 Å². The van der Waals surface area contributed by atoms with Crippen molar-refractivity contribution in [2.45, 2.75) is 26.3 Å². The average molecular weight is 407 g/mol. The van der Waals surface area contributed by atoms with Gasteiger partial charge in [-0.1, -0.05) is 28.1 Å². The zero-order chi connectivity index (χ0) is 17.6. The molecule has 0 fully saturated rings. The number of aromatic nitrogens is 2. The lowest BCUT2D eigenvalue weighted by atomic mass is 10.0. The lowest BCUT2D eigenvalue weighted by Gasteiger charge is -2.24. The maximum atomic E-state index is 13.1. The predicted octanol–water partition coefficient (Wildman–Crippen LogP) is 4.02. The SMILES string of the molecule is Cc1nc2scc(-c3ccc(Br)cc3)c2c(=O)n1C(C)(C)C(=O)O. The summed E-state index contributed by atoms with van der Waals surface area (Å²) in [6.07, 6.45) is 0. The molecule has 0 atom stereocenters. The van der Waals surface area contributed by atoms with Crippen molar-refractivity contribution >= 4 is 43.5 Å². The number of aliphatic carboxylic acids is 1. The van der Waals surface area contributed by atoms with Crippen LogP contribution in [-0.4, -0.2) is 20.6 Å². The van der Waals surface area contributed by atoms with Crippen molar-refractivity contribution < 1.29 is 9.90 Å². The number of carboxylic acids is 1. The molecule has 0 saturated carbocycles. The van der Waals surface area contributed by atoms with E-state index in [2.05, 4.69) is 20.9 Å². The van der Waals surface area contributed by atoms with E-state index in [1.54, 1.807) is 6.92 Å². The first-order chi connectivity index (χ1) is 11.2. The molecule has 24 heavy (non-hydrogen) atoms. The Labute approximate surface area is 150 Å². The highest BCUT2D eigenvalue weighted by Crippen LogP contribution is 2.32. The van der Waals surface area contributed by atoms with Crippen molar-refractivity contribution in [3.8, 4) is 11.1 Å². The normalized spacial score (nSPS) is 11.8. The van der Waals surface area contributed by atoms with Crippen LogP contribution in [0.15, 0.2) is 38.9 Å². The highest BCUT2D eigenvalue weighted by molar-refractivity contribution is 9.10. The third kappa shape index (κ3) is 2.57. The van der Waals surface area contributed by atoms with Gasteiger partial charge in [-0.2, -0.15) is 0 Å². The fourth-order valence-corrected chi connectivity index (χ4v) is 3.94. The number of hydrogen-bond donors (Lipinski definition) is 1. The lowest BCUT2D eigenvalue weighted by Crippen LogP contribution is -2.44. The standard InChI is InChI=1S/C17H15BrN2O3S/c1-9-19-14-13(15(21)20(9)17(2,3)16(22)23)12(8-24-14)10-4-6-11(18)7-5-10/h4-8H,1-3H3,(H,22,23). The molecule has 0 spiro atoms. The van der Waals surface area contributed by atoms with Crippen LogP contribution in [0.2, 0.25) is 0 Å². The molecule has 1 aromatic carbocycles. The zero-order valence-corrected chi connectivity index (χ0v) is 15.7. The fourth-order valence-electron chi connectivity index (χ4n) is 2.69. The van der Waals surface area contributed by atoms with Crippen LogP contribution in [0.4, 0.5) is 0 Å². The highest BCUT2D eigenvalue weighted by Gasteiger charge is 2.33. The van der Waals surface area contributed by atoms with Gasteiger partial charge in [-0.25, -0.2) is 9.78 Å². The second-order valence-electron chi connectivity index (χ2n) is 6.00. The third-order valence-electron chi connectivity index (χ3n) is 4.01. The zero-order valence-electron chi connectivity index (χ0n) is 13.3. The van der Waals surface area contributed by atoms with Crippen LogP contribution in [-0.2, 0) is 10.3 Å². The van der Waals surface area contributed by atoms with Gasteiger partial charge in [0.25, 0.3) is 5.56 Å². The van der Waals surface area contributed by atoms with E-state index in [9.17, 15) is 14.7 Å². The summed E-state index contributed by atoms with van der Waals surface area (Å²) in [5.41, 5.74) is -0.0349. The van der Waals surface area contributed by atoms with E-state index < -0.39 is 11.5 Å². The Morgan fingerprint density at radius 3 is 2.50 bits per heavy atom. The molecular formula is C17H15BrN2O3S. The molecule has 3 aromatic rings. The van der Waals surface area contributed by atoms with Gasteiger partial charge in [-0.15, -0.1) is 11.3 Å². The summed E-state index contributed by atoms with van der Waals surface area (Å²) in [5, 5.41) is 11.8. The minimum atomic E-state index is -1.37. The van der Waals surface area contributed by atoms with E-state index in [4.69, 9.17) is 0 Å². The number of halogens is 1. The molecule has 0 aliphatic carbocycles. The van der Waals surface area contributed by atoms with Crippen LogP contribution in [0.25, 0.3) is 21.3 Å². The van der Waals surface area contributed by atoms with Crippen LogP contribution in [0, 0.1) is 6.92 Å². The molecule has 0 unspecified atom stereocenters. The first-order valence-corrected chi connectivity index (χ1v) is 8.91. The molecule has 2 aromatic heterocycles. The molecule has 7 heteroatoms. The molecule has 124 valence electrons. The first kappa shape index (κ1) is 16.9. The number of thiophene rings is 1. The third-order valence-corrected chi connectivity index (χ3v) is 5.41. The molecular weight excluding hydrogens is 392 g/mol. The van der Waals surface area contributed by atoms with Gasteiger partial charge in [0.05, 0.1) is 5.39 Å². The minimum Gasteiger partial charge on any atom is -0.480 e. The minimum absolute atomic E-state index is 0.330. The largest absolute Gasteiger partial charge is 0.480 e. The van der Waals surface area contributed by atoms with Crippen molar-refractivity contribution in [2.75, 3.05) is 0 Å². The Morgan fingerprint density at radius 2 is 1.92 bits per heavy atom. The van der Waals surface area contributed by atoms with E-state index in [1.807, 2.05) is 29.6 Å². The highest BCUT2D eigenvalue weighted by atomic mass is 79.9. The summed E-state index contributed by atoms with van der Waals surface area (Å²) in [7, 11) is 0. The summed E-state index contributed by atoms with van der Waals surface area (Å²) in [5.74, 6) is -0.682. The Hall–Kier alpha value is -1.99. The molecule has 2 heterocycles. The van der Waals surface area contributed by atoms with Crippen molar-refractivity contribution in [1.29, 1.82) is 0 Å². The monoisotopic (exact) mass is 406 g/mol. The number of carboxylic acid groups (broad SMARTS) is 1. The van der Waals surface area contributed by atoms with Gasteiger partial charge in [-0.3, -0.25) is 9.36 Å². The van der Waals surface area contributed by atoms with Gasteiger partial charge in [0.1, 0.15) is 16.2 Å². The maximum absolute atomic E-state index is 13.1. The Balaban J connectivity index is 2.35. The Kier molecular flexibility index (Phi) is 4.09. The number of fused-ring (bicyclic) bond motifs is 1. The first-order valence-electron chi connectivity index (χ1n) is 7.24. The van der Waals surface area contributed by atoms with E-state index in [0.717, 1.165) is 15.6 Å². The second-order valence-corrected chi connectivity index (χ2v) is 7.77. The van der Waals surface area contributed by atoms with Crippen LogP contribution >= 0.6 is 27.3 Å². The molecule has 0 saturated heterocycles. The summed E-state index contributed by atoms with van der Waals surface area (Å²) in [6.45, 7) is 4.66. The molecule has 0 aliphatic rings. The van der Waals surface area contributed by atoms with Gasteiger partial charge < -0.3 is 5.11 Å². The van der Waals surface area contributed by atoms with Crippen LogP contribution in [0.3, 0.4) is 0 Å². The molecule has 0 radical (unpaired) electrons. The quantitative estimate of drug-likeness (QED) is 0.712. The van der Waals surface area contributed by atoms with Gasteiger partial charge in [0.2, 0.25) is 0 Å². The van der Waals surface area contributed by atoms with Crippen molar-refractivity contribution in [1.82, 2.24) is 9.55 Å². The molecule has 5 nitrogen and oxygen atoms in total. The number of hydrogen-bond acceptors (Lipinski definition) is 4. The summed E-state index contributed by atoms with van der Waals surface area (Å²) < 4.78 is 2.21. The molecule has 0 amide bonds. The summed E-state index contributed by atoms with van der Waals surface area (Å²) in [6, 6.07) is 7.63. The van der Waals surface area contributed by atoms with Crippen LogP contribution in [0.5, 0.6) is 0 Å². The number of benzene rings is 1. The van der Waals surface area contributed by atoms with Crippen LogP contribution < -0.4 is 5.56 Å². The van der Waals surface area contributed by atoms with E-state index in [0.29, 0.717) is 16.0 Å². The van der Waals surface area contributed by atoms with Crippen molar-refractivity contribution in [3.63, 3.8) is 0 Å². The summed E-state index contributed by atoms with van der Waals surface area (Å²) in [4.78, 5) is 29.8. The van der Waals surface area contributed by atoms with Crippen molar-refractivity contribution in [3.05, 3.63) is 50.3 Å². The lowest BCUT2D eigenvalue weighted by molar-refractivity contribution is -0.145. The number of aryl methyl sites for hydroxylation is 1. The molecule has 0 aliphatic heterocycles. The molecule has 3 rings (SSSR count). The maximum Gasteiger partial charge on any atom is 0.329 e. The van der Waals surface area contributed by atoms with Gasteiger partial charge in [0, 0.05) is 15.4 Å². The van der Waals surface area contributed by atoms with Crippen molar-refractivity contribution in [2.24, 2.45) is 0 Å². The Bertz CT molecular complexity index is 1000.